The molecule has 1 atom stereocenters. The van der Waals surface area contributed by atoms with Crippen LogP contribution in [0.4, 0.5) is 0 Å². The number of piperidine rings is 1. The monoisotopic (exact) mass is 464 g/mol. The predicted molar refractivity (Wildman–Crippen MR) is 115 cm³/mol. The van der Waals surface area contributed by atoms with Crippen molar-refractivity contribution in [2.24, 2.45) is 4.99 Å². The molecule has 0 aromatic heterocycles. The van der Waals surface area contributed by atoms with Gasteiger partial charge in [-0.3, -0.25) is 9.89 Å². The van der Waals surface area contributed by atoms with Crippen LogP contribution in [0, 0.1) is 0 Å². The van der Waals surface area contributed by atoms with Gasteiger partial charge in [0.25, 0.3) is 0 Å². The van der Waals surface area contributed by atoms with E-state index in [1.807, 2.05) is 7.05 Å². The Hall–Kier alpha value is -0.0800. The summed E-state index contributed by atoms with van der Waals surface area (Å²) in [4.78, 5) is 7.22. The quantitative estimate of drug-likeness (QED) is 0.373. The summed E-state index contributed by atoms with van der Waals surface area (Å²) in [6, 6.07) is 0. The van der Waals surface area contributed by atoms with E-state index < -0.39 is 0 Å². The molecule has 0 aromatic rings. The second-order valence-electron chi connectivity index (χ2n) is 7.77. The SMILES string of the molecule is CN=C(NCC1CCCO1)NCC1(N2CCCCC2)CCCCC1.I. The Balaban J connectivity index is 0.00000225. The van der Waals surface area contributed by atoms with Gasteiger partial charge in [0.15, 0.2) is 5.96 Å². The average Bonchev–Trinajstić information content (AvgIpc) is 3.17. The standard InChI is InChI=1S/C19H36N4O.HI/c1-20-18(21-15-17-9-8-14-24-17)22-16-19(10-4-2-5-11-19)23-12-6-3-7-13-23;/h17H,2-16H2,1H3,(H2,20,21,22);1H. The molecule has 0 amide bonds. The van der Waals surface area contributed by atoms with Crippen LogP contribution in [0.5, 0.6) is 0 Å². The van der Waals surface area contributed by atoms with E-state index in [1.165, 1.54) is 77.3 Å². The lowest BCUT2D eigenvalue weighted by Gasteiger charge is -2.48. The highest BCUT2D eigenvalue weighted by molar-refractivity contribution is 14.0. The van der Waals surface area contributed by atoms with Crippen molar-refractivity contribution in [3.8, 4) is 0 Å². The van der Waals surface area contributed by atoms with E-state index in [4.69, 9.17) is 4.74 Å². The van der Waals surface area contributed by atoms with Crippen LogP contribution in [-0.4, -0.2) is 62.3 Å². The van der Waals surface area contributed by atoms with Crippen LogP contribution in [0.15, 0.2) is 4.99 Å². The molecule has 1 saturated carbocycles. The molecule has 0 bridgehead atoms. The Morgan fingerprint density at radius 3 is 2.40 bits per heavy atom. The molecule has 5 nitrogen and oxygen atoms in total. The third kappa shape index (κ3) is 5.96. The second kappa shape index (κ2) is 10.9. The molecule has 6 heteroatoms. The smallest absolute Gasteiger partial charge is 0.191 e. The van der Waals surface area contributed by atoms with Crippen LogP contribution >= 0.6 is 24.0 Å². The van der Waals surface area contributed by atoms with E-state index in [-0.39, 0.29) is 24.0 Å². The fourth-order valence-corrected chi connectivity index (χ4v) is 4.67. The van der Waals surface area contributed by atoms with E-state index in [9.17, 15) is 0 Å². The Kier molecular flexibility index (Phi) is 9.27. The summed E-state index contributed by atoms with van der Waals surface area (Å²) in [6.07, 6.45) is 13.7. The number of aliphatic imine (C=N–C) groups is 1. The molecule has 1 unspecified atom stereocenters. The Morgan fingerprint density at radius 2 is 1.76 bits per heavy atom. The minimum atomic E-state index is 0. The van der Waals surface area contributed by atoms with Gasteiger partial charge in [0.05, 0.1) is 6.10 Å². The van der Waals surface area contributed by atoms with Crippen molar-refractivity contribution in [2.45, 2.75) is 75.9 Å². The minimum Gasteiger partial charge on any atom is -0.376 e. The minimum absolute atomic E-state index is 0. The van der Waals surface area contributed by atoms with Crippen LogP contribution in [0.2, 0.25) is 0 Å². The summed E-state index contributed by atoms with van der Waals surface area (Å²) in [5.74, 6) is 0.937. The van der Waals surface area contributed by atoms with E-state index in [2.05, 4.69) is 20.5 Å². The Labute approximate surface area is 170 Å². The Morgan fingerprint density at radius 1 is 1.04 bits per heavy atom. The van der Waals surface area contributed by atoms with Crippen molar-refractivity contribution in [1.82, 2.24) is 15.5 Å². The number of hydrogen-bond donors (Lipinski definition) is 2. The molecule has 3 rings (SSSR count). The van der Waals surface area contributed by atoms with Crippen molar-refractivity contribution in [2.75, 3.05) is 39.8 Å². The molecular weight excluding hydrogens is 427 g/mol. The number of nitrogens with zero attached hydrogens (tertiary/aromatic N) is 2. The van der Waals surface area contributed by atoms with E-state index in [0.29, 0.717) is 11.6 Å². The number of guanidine groups is 1. The number of hydrogen-bond acceptors (Lipinski definition) is 3. The van der Waals surface area contributed by atoms with Crippen molar-refractivity contribution < 1.29 is 4.74 Å². The van der Waals surface area contributed by atoms with E-state index in [1.54, 1.807) is 0 Å². The summed E-state index contributed by atoms with van der Waals surface area (Å²) in [7, 11) is 1.87. The summed E-state index contributed by atoms with van der Waals surface area (Å²) < 4.78 is 5.70. The van der Waals surface area contributed by atoms with Gasteiger partial charge in [0.2, 0.25) is 0 Å². The van der Waals surface area contributed by atoms with E-state index >= 15 is 0 Å². The lowest BCUT2D eigenvalue weighted by atomic mass is 9.79. The number of halogens is 1. The lowest BCUT2D eigenvalue weighted by molar-refractivity contribution is 0.0367. The average molecular weight is 464 g/mol. The molecular formula is C19H37IN4O. The predicted octanol–water partition coefficient (Wildman–Crippen LogP) is 3.14. The molecule has 0 spiro atoms. The summed E-state index contributed by atoms with van der Waals surface area (Å²) in [5.41, 5.74) is 0.347. The number of nitrogens with one attached hydrogen (secondary N) is 2. The fraction of sp³-hybridized carbons (Fsp3) is 0.947. The molecule has 2 saturated heterocycles. The molecule has 146 valence electrons. The summed E-state index contributed by atoms with van der Waals surface area (Å²) >= 11 is 0. The van der Waals surface area contributed by atoms with Crippen molar-refractivity contribution in [1.29, 1.82) is 0 Å². The maximum atomic E-state index is 5.70. The van der Waals surface area contributed by atoms with Gasteiger partial charge in [-0.25, -0.2) is 0 Å². The third-order valence-electron chi connectivity index (χ3n) is 6.14. The normalized spacial score (nSPS) is 27.6. The maximum absolute atomic E-state index is 5.70. The van der Waals surface area contributed by atoms with Crippen LogP contribution in [0.25, 0.3) is 0 Å². The first-order valence-electron chi connectivity index (χ1n) is 10.1. The molecule has 3 fully saturated rings. The van der Waals surface area contributed by atoms with Gasteiger partial charge in [-0.05, 0) is 51.6 Å². The molecule has 25 heavy (non-hydrogen) atoms. The molecule has 2 heterocycles. The molecule has 3 aliphatic rings. The summed E-state index contributed by atoms with van der Waals surface area (Å²) in [5, 5.41) is 7.11. The highest BCUT2D eigenvalue weighted by Crippen LogP contribution is 2.35. The first kappa shape index (κ1) is 21.2. The van der Waals surface area contributed by atoms with Gasteiger partial charge < -0.3 is 15.4 Å². The van der Waals surface area contributed by atoms with Gasteiger partial charge in [-0.15, -0.1) is 24.0 Å². The molecule has 0 radical (unpaired) electrons. The molecule has 0 aromatic carbocycles. The maximum Gasteiger partial charge on any atom is 0.191 e. The van der Waals surface area contributed by atoms with Gasteiger partial charge in [-0.2, -0.15) is 0 Å². The number of likely N-dealkylation sites (tertiary alicyclic amines) is 1. The van der Waals surface area contributed by atoms with Crippen LogP contribution in [-0.2, 0) is 4.74 Å². The highest BCUT2D eigenvalue weighted by atomic mass is 127. The molecule has 2 N–H and O–H groups in total. The van der Waals surface area contributed by atoms with Crippen LogP contribution < -0.4 is 10.6 Å². The van der Waals surface area contributed by atoms with Crippen LogP contribution in [0.1, 0.15) is 64.2 Å². The van der Waals surface area contributed by atoms with Crippen molar-refractivity contribution in [3.05, 3.63) is 0 Å². The fourth-order valence-electron chi connectivity index (χ4n) is 4.67. The topological polar surface area (TPSA) is 48.9 Å². The summed E-state index contributed by atoms with van der Waals surface area (Å²) in [6.45, 7) is 5.37. The van der Waals surface area contributed by atoms with Gasteiger partial charge in [0.1, 0.15) is 0 Å². The second-order valence-corrected chi connectivity index (χ2v) is 7.77. The van der Waals surface area contributed by atoms with Crippen LogP contribution in [0.3, 0.4) is 0 Å². The highest BCUT2D eigenvalue weighted by Gasteiger charge is 2.38. The third-order valence-corrected chi connectivity index (χ3v) is 6.14. The first-order valence-corrected chi connectivity index (χ1v) is 10.1. The molecule has 1 aliphatic carbocycles. The largest absolute Gasteiger partial charge is 0.376 e. The van der Waals surface area contributed by atoms with Gasteiger partial charge >= 0.3 is 0 Å². The zero-order valence-electron chi connectivity index (χ0n) is 15.9. The first-order chi connectivity index (χ1) is 11.8. The van der Waals surface area contributed by atoms with Gasteiger partial charge in [-0.1, -0.05) is 25.7 Å². The van der Waals surface area contributed by atoms with Crippen molar-refractivity contribution in [3.63, 3.8) is 0 Å². The zero-order chi connectivity index (χ0) is 16.7. The number of ether oxygens (including phenoxy) is 1. The van der Waals surface area contributed by atoms with Crippen molar-refractivity contribution >= 4 is 29.9 Å². The Bertz CT molecular complexity index is 400. The molecule has 2 aliphatic heterocycles. The van der Waals surface area contributed by atoms with Gasteiger partial charge in [0, 0.05) is 32.3 Å². The zero-order valence-corrected chi connectivity index (χ0v) is 18.2. The lowest BCUT2D eigenvalue weighted by Crippen LogP contribution is -2.59. The van der Waals surface area contributed by atoms with E-state index in [0.717, 1.165) is 25.7 Å². The number of rotatable bonds is 5.